The van der Waals surface area contributed by atoms with Gasteiger partial charge in [0.05, 0.1) is 29.3 Å². The lowest BCUT2D eigenvalue weighted by Crippen LogP contribution is -2.29. The van der Waals surface area contributed by atoms with Gasteiger partial charge in [-0.2, -0.15) is 10.2 Å². The van der Waals surface area contributed by atoms with Gasteiger partial charge in [0.15, 0.2) is 11.5 Å². The van der Waals surface area contributed by atoms with Crippen molar-refractivity contribution < 1.29 is 13.9 Å². The fraction of sp³-hybridized carbons (Fsp3) is 0.348. The molecule has 1 N–H and O–H groups in total. The molecule has 4 rings (SSSR count). The minimum atomic E-state index is -0.976. The van der Waals surface area contributed by atoms with Crippen molar-refractivity contribution in [2.24, 2.45) is 0 Å². The summed E-state index contributed by atoms with van der Waals surface area (Å²) in [5.41, 5.74) is 3.58. The Morgan fingerprint density at radius 1 is 1.36 bits per heavy atom. The second-order valence-corrected chi connectivity index (χ2v) is 8.52. The lowest BCUT2D eigenvalue weighted by Gasteiger charge is -2.24. The molecule has 0 bridgehead atoms. The summed E-state index contributed by atoms with van der Waals surface area (Å²) >= 11 is 5.92. The smallest absolute Gasteiger partial charge is 0.299 e. The van der Waals surface area contributed by atoms with Crippen LogP contribution in [0.3, 0.4) is 0 Å². The van der Waals surface area contributed by atoms with Gasteiger partial charge in [0.2, 0.25) is 5.88 Å². The van der Waals surface area contributed by atoms with E-state index in [1.165, 1.54) is 0 Å². The van der Waals surface area contributed by atoms with E-state index >= 15 is 0 Å². The number of carbonyl (C=O) groups is 1. The number of pyridine rings is 1. The molecular formula is C23H22ClFN6O2. The number of rotatable bonds is 6. The predicted molar refractivity (Wildman–Crippen MR) is 123 cm³/mol. The van der Waals surface area contributed by atoms with Gasteiger partial charge in [-0.05, 0) is 44.5 Å². The molecule has 0 unspecified atom stereocenters. The van der Waals surface area contributed by atoms with Gasteiger partial charge in [-0.15, -0.1) is 0 Å². The Morgan fingerprint density at radius 2 is 2.15 bits per heavy atom. The summed E-state index contributed by atoms with van der Waals surface area (Å²) in [6.45, 7) is 6.22. The Balaban J connectivity index is 1.80. The SMILES string of the molecule is Cc1cc([C@@H](C)Nc2ccc(Cl)nc2OC=O)c2nc(N3C[C@@H](F)C[C@@H]3C)c(C#N)nc2c1. The van der Waals surface area contributed by atoms with Crippen molar-refractivity contribution in [2.75, 3.05) is 16.8 Å². The van der Waals surface area contributed by atoms with E-state index in [4.69, 9.17) is 21.3 Å². The molecule has 3 heterocycles. The summed E-state index contributed by atoms with van der Waals surface area (Å²) in [7, 11) is 0. The maximum atomic E-state index is 14.1. The van der Waals surface area contributed by atoms with Crippen LogP contribution in [0, 0.1) is 18.3 Å². The fourth-order valence-corrected chi connectivity index (χ4v) is 4.30. The molecule has 0 radical (unpaired) electrons. The third-order valence-electron chi connectivity index (χ3n) is 5.65. The van der Waals surface area contributed by atoms with Gasteiger partial charge in [-0.3, -0.25) is 4.79 Å². The maximum absolute atomic E-state index is 14.1. The zero-order chi connectivity index (χ0) is 23.7. The minimum Gasteiger partial charge on any atom is -0.407 e. The number of fused-ring (bicyclic) bond motifs is 1. The highest BCUT2D eigenvalue weighted by Gasteiger charge is 2.32. The first-order valence-corrected chi connectivity index (χ1v) is 10.8. The Bertz CT molecular complexity index is 1260. The van der Waals surface area contributed by atoms with E-state index in [1.807, 2.05) is 32.9 Å². The molecule has 10 heteroatoms. The quantitative estimate of drug-likeness (QED) is 0.416. The molecule has 3 atom stereocenters. The van der Waals surface area contributed by atoms with Crippen LogP contribution in [0.1, 0.15) is 43.1 Å². The van der Waals surface area contributed by atoms with Crippen molar-refractivity contribution in [1.82, 2.24) is 15.0 Å². The van der Waals surface area contributed by atoms with Gasteiger partial charge in [-0.1, -0.05) is 17.7 Å². The summed E-state index contributed by atoms with van der Waals surface area (Å²) in [6, 6.07) is 8.80. The summed E-state index contributed by atoms with van der Waals surface area (Å²) in [5.74, 6) is 0.438. The number of halogens is 2. The van der Waals surface area contributed by atoms with Gasteiger partial charge in [0.1, 0.15) is 17.4 Å². The highest BCUT2D eigenvalue weighted by molar-refractivity contribution is 6.29. The van der Waals surface area contributed by atoms with E-state index < -0.39 is 6.17 Å². The molecule has 1 saturated heterocycles. The van der Waals surface area contributed by atoms with E-state index in [0.29, 0.717) is 29.0 Å². The zero-order valence-corrected chi connectivity index (χ0v) is 19.1. The number of hydrogen-bond donors (Lipinski definition) is 1. The maximum Gasteiger partial charge on any atom is 0.299 e. The number of alkyl halides is 1. The van der Waals surface area contributed by atoms with Crippen molar-refractivity contribution in [1.29, 1.82) is 5.26 Å². The van der Waals surface area contributed by atoms with Crippen molar-refractivity contribution >= 4 is 40.6 Å². The summed E-state index contributed by atoms with van der Waals surface area (Å²) < 4.78 is 19.0. The molecule has 1 fully saturated rings. The van der Waals surface area contributed by atoms with Gasteiger partial charge in [0.25, 0.3) is 6.47 Å². The number of benzene rings is 1. The molecule has 170 valence electrons. The summed E-state index contributed by atoms with van der Waals surface area (Å²) in [6.07, 6.45) is -0.595. The van der Waals surface area contributed by atoms with Crippen molar-refractivity contribution in [3.63, 3.8) is 0 Å². The number of aryl methyl sites for hydroxylation is 1. The Morgan fingerprint density at radius 3 is 2.82 bits per heavy atom. The molecule has 1 aromatic carbocycles. The molecule has 0 aliphatic carbocycles. The fourth-order valence-electron chi connectivity index (χ4n) is 4.16. The van der Waals surface area contributed by atoms with Crippen molar-refractivity contribution in [3.8, 4) is 11.9 Å². The van der Waals surface area contributed by atoms with Crippen LogP contribution in [-0.4, -0.2) is 40.2 Å². The number of carbonyl (C=O) groups excluding carboxylic acids is 1. The molecule has 3 aromatic rings. The zero-order valence-electron chi connectivity index (χ0n) is 18.3. The second-order valence-electron chi connectivity index (χ2n) is 8.13. The van der Waals surface area contributed by atoms with E-state index in [1.54, 1.807) is 17.0 Å². The van der Waals surface area contributed by atoms with Crippen LogP contribution in [0.2, 0.25) is 5.15 Å². The average molecular weight is 469 g/mol. The van der Waals surface area contributed by atoms with Gasteiger partial charge in [0, 0.05) is 18.0 Å². The number of aromatic nitrogens is 3. The third kappa shape index (κ3) is 4.52. The van der Waals surface area contributed by atoms with Crippen LogP contribution in [-0.2, 0) is 4.79 Å². The van der Waals surface area contributed by atoms with Gasteiger partial charge in [-0.25, -0.2) is 14.4 Å². The first-order chi connectivity index (χ1) is 15.8. The van der Waals surface area contributed by atoms with Crippen LogP contribution in [0.15, 0.2) is 24.3 Å². The van der Waals surface area contributed by atoms with Crippen molar-refractivity contribution in [2.45, 2.75) is 45.4 Å². The lowest BCUT2D eigenvalue weighted by atomic mass is 10.0. The van der Waals surface area contributed by atoms with E-state index in [9.17, 15) is 14.4 Å². The molecule has 0 saturated carbocycles. The Hall–Kier alpha value is -3.51. The molecule has 2 aromatic heterocycles. The van der Waals surface area contributed by atoms with E-state index in [-0.39, 0.29) is 41.8 Å². The number of ether oxygens (including phenoxy) is 1. The first-order valence-electron chi connectivity index (χ1n) is 10.5. The highest BCUT2D eigenvalue weighted by Crippen LogP contribution is 2.34. The first kappa shape index (κ1) is 22.7. The normalized spacial score (nSPS) is 18.7. The average Bonchev–Trinajstić information content (AvgIpc) is 3.11. The largest absolute Gasteiger partial charge is 0.407 e. The molecule has 8 nitrogen and oxygen atoms in total. The lowest BCUT2D eigenvalue weighted by molar-refractivity contribution is -0.120. The summed E-state index contributed by atoms with van der Waals surface area (Å²) in [5, 5.41) is 13.2. The van der Waals surface area contributed by atoms with Crippen molar-refractivity contribution in [3.05, 3.63) is 46.2 Å². The number of hydrogen-bond acceptors (Lipinski definition) is 8. The van der Waals surface area contributed by atoms with Crippen LogP contribution < -0.4 is 15.0 Å². The predicted octanol–water partition coefficient (Wildman–Crippen LogP) is 4.50. The van der Waals surface area contributed by atoms with Crippen LogP contribution in [0.5, 0.6) is 5.88 Å². The summed E-state index contributed by atoms with van der Waals surface area (Å²) in [4.78, 5) is 26.1. The highest BCUT2D eigenvalue weighted by atomic mass is 35.5. The number of anilines is 2. The number of nitrogens with one attached hydrogen (secondary N) is 1. The van der Waals surface area contributed by atoms with Crippen LogP contribution >= 0.6 is 11.6 Å². The van der Waals surface area contributed by atoms with Gasteiger partial charge >= 0.3 is 0 Å². The Labute approximate surface area is 195 Å². The Kier molecular flexibility index (Phi) is 6.29. The number of nitriles is 1. The van der Waals surface area contributed by atoms with Crippen LogP contribution in [0.4, 0.5) is 15.9 Å². The standard InChI is InChI=1S/C23H22ClFN6O2/c1-12-6-16(14(3)27-17-4-5-20(24)29-23(17)33-11-32)21-18(7-12)28-19(9-26)22(30-21)31-10-15(25)8-13(31)2/h4-7,11,13-15,27H,8,10H2,1-3H3/t13-,14+,15-/m0/s1. The third-order valence-corrected chi connectivity index (χ3v) is 5.86. The number of nitrogens with zero attached hydrogens (tertiary/aromatic N) is 5. The topological polar surface area (TPSA) is 104 Å². The molecule has 1 aliphatic rings. The molecule has 0 amide bonds. The molecule has 0 spiro atoms. The van der Waals surface area contributed by atoms with E-state index in [0.717, 1.165) is 11.1 Å². The van der Waals surface area contributed by atoms with Crippen LogP contribution in [0.25, 0.3) is 11.0 Å². The minimum absolute atomic E-state index is 0.0553. The van der Waals surface area contributed by atoms with E-state index in [2.05, 4.69) is 21.4 Å². The molecule has 33 heavy (non-hydrogen) atoms. The van der Waals surface area contributed by atoms with Gasteiger partial charge < -0.3 is 15.0 Å². The molecule has 1 aliphatic heterocycles. The molecular weight excluding hydrogens is 447 g/mol. The monoisotopic (exact) mass is 468 g/mol. The second kappa shape index (κ2) is 9.16.